The molecule has 0 aromatic carbocycles. The first-order chi connectivity index (χ1) is 8.67. The van der Waals surface area contributed by atoms with Gasteiger partial charge in [0.2, 0.25) is 0 Å². The van der Waals surface area contributed by atoms with Crippen LogP contribution in [0.5, 0.6) is 0 Å². The number of nitrogens with one attached hydrogen (secondary N) is 2. The summed E-state index contributed by atoms with van der Waals surface area (Å²) < 4.78 is 11.4. The fourth-order valence-corrected chi connectivity index (χ4v) is 4.82. The monoisotopic (exact) mass is 274 g/mol. The van der Waals surface area contributed by atoms with Crippen molar-refractivity contribution in [2.45, 2.75) is 58.4 Å². The Morgan fingerprint density at radius 1 is 1.17 bits per heavy atom. The molecule has 0 saturated heterocycles. The van der Waals surface area contributed by atoms with Crippen LogP contribution in [0, 0.1) is 5.92 Å². The molecule has 0 amide bonds. The highest BCUT2D eigenvalue weighted by Crippen LogP contribution is 2.24. The van der Waals surface area contributed by atoms with E-state index < -0.39 is 8.88 Å². The molecule has 1 fully saturated rings. The molecule has 4 nitrogen and oxygen atoms in total. The Morgan fingerprint density at radius 3 is 2.39 bits per heavy atom. The van der Waals surface area contributed by atoms with E-state index in [0.717, 1.165) is 13.0 Å². The van der Waals surface area contributed by atoms with Gasteiger partial charge in [0.1, 0.15) is 0 Å². The molecule has 0 bridgehead atoms. The molecule has 2 N–H and O–H groups in total. The van der Waals surface area contributed by atoms with Crippen LogP contribution in [0.15, 0.2) is 0 Å². The summed E-state index contributed by atoms with van der Waals surface area (Å²) in [5, 5.41) is 0. The fourth-order valence-electron chi connectivity index (χ4n) is 2.60. The van der Waals surface area contributed by atoms with E-state index in [1.165, 1.54) is 32.1 Å². The summed E-state index contributed by atoms with van der Waals surface area (Å²) >= 11 is 0. The average molecular weight is 274 g/mol. The summed E-state index contributed by atoms with van der Waals surface area (Å²) in [5.41, 5.74) is 0. The van der Waals surface area contributed by atoms with Gasteiger partial charge in [0.25, 0.3) is 0 Å². The molecule has 1 saturated carbocycles. The first kappa shape index (κ1) is 16.1. The normalized spacial score (nSPS) is 25.3. The van der Waals surface area contributed by atoms with Gasteiger partial charge in [-0.1, -0.05) is 33.1 Å². The van der Waals surface area contributed by atoms with E-state index in [0.29, 0.717) is 12.0 Å². The highest BCUT2D eigenvalue weighted by Gasteiger charge is 2.40. The molecule has 0 heterocycles. The molecule has 5 heteroatoms. The van der Waals surface area contributed by atoms with Crippen molar-refractivity contribution in [3.63, 3.8) is 0 Å². The van der Waals surface area contributed by atoms with Gasteiger partial charge < -0.3 is 8.85 Å². The summed E-state index contributed by atoms with van der Waals surface area (Å²) in [6.45, 7) is 5.48. The standard InChI is InChI=1S/C13H30N2O2Si/c1-5-6-11-14-18(16-3,17-4)15-13-10-8-7-9-12(13)2/h12-15H,5-11H2,1-4H3. The third kappa shape index (κ3) is 4.62. The summed E-state index contributed by atoms with van der Waals surface area (Å²) in [4.78, 5) is 7.15. The van der Waals surface area contributed by atoms with Crippen LogP contribution >= 0.6 is 0 Å². The van der Waals surface area contributed by atoms with Gasteiger partial charge in [0.05, 0.1) is 0 Å². The Bertz CT molecular complexity index is 225. The minimum absolute atomic E-state index is 0.527. The lowest BCUT2D eigenvalue weighted by molar-refractivity contribution is 0.188. The maximum atomic E-state index is 5.68. The molecule has 2 atom stereocenters. The van der Waals surface area contributed by atoms with Crippen molar-refractivity contribution in [3.8, 4) is 0 Å². The van der Waals surface area contributed by atoms with Gasteiger partial charge >= 0.3 is 8.88 Å². The van der Waals surface area contributed by atoms with Crippen molar-refractivity contribution in [2.24, 2.45) is 5.92 Å². The van der Waals surface area contributed by atoms with Crippen molar-refractivity contribution in [1.29, 1.82) is 0 Å². The van der Waals surface area contributed by atoms with E-state index in [1.54, 1.807) is 14.2 Å². The third-order valence-corrected chi connectivity index (χ3v) is 6.57. The van der Waals surface area contributed by atoms with E-state index in [4.69, 9.17) is 8.85 Å². The second-order valence-corrected chi connectivity index (χ2v) is 8.01. The lowest BCUT2D eigenvalue weighted by Gasteiger charge is -2.37. The van der Waals surface area contributed by atoms with Crippen molar-refractivity contribution in [1.82, 2.24) is 9.96 Å². The summed E-state index contributed by atoms with van der Waals surface area (Å²) in [5.74, 6) is 0.712. The zero-order valence-electron chi connectivity index (χ0n) is 12.4. The highest BCUT2D eigenvalue weighted by molar-refractivity contribution is 6.62. The second-order valence-electron chi connectivity index (χ2n) is 5.32. The SMILES string of the molecule is CCCCN[Si](NC1CCCCC1C)(OC)OC. The summed E-state index contributed by atoms with van der Waals surface area (Å²) in [7, 11) is 1.08. The van der Waals surface area contributed by atoms with Crippen LogP contribution in [0.25, 0.3) is 0 Å². The van der Waals surface area contributed by atoms with Gasteiger partial charge in [-0.15, -0.1) is 0 Å². The molecule has 0 aliphatic heterocycles. The Balaban J connectivity index is 2.53. The second kappa shape index (κ2) is 8.27. The quantitative estimate of drug-likeness (QED) is 0.526. The molecule has 0 radical (unpaired) electrons. The van der Waals surface area contributed by atoms with E-state index in [-0.39, 0.29) is 0 Å². The molecular weight excluding hydrogens is 244 g/mol. The molecule has 0 aromatic heterocycles. The van der Waals surface area contributed by atoms with E-state index >= 15 is 0 Å². The Kier molecular flexibility index (Phi) is 7.40. The van der Waals surface area contributed by atoms with Gasteiger partial charge in [0.15, 0.2) is 0 Å². The summed E-state index contributed by atoms with van der Waals surface area (Å²) in [6, 6.07) is 0.527. The zero-order valence-corrected chi connectivity index (χ0v) is 13.4. The van der Waals surface area contributed by atoms with E-state index in [9.17, 15) is 0 Å². The third-order valence-electron chi connectivity index (χ3n) is 3.95. The molecule has 2 unspecified atom stereocenters. The van der Waals surface area contributed by atoms with Crippen LogP contribution < -0.4 is 9.96 Å². The molecule has 0 aromatic rings. The molecular formula is C13H30N2O2Si. The van der Waals surface area contributed by atoms with Gasteiger partial charge in [-0.25, -0.2) is 0 Å². The van der Waals surface area contributed by atoms with E-state index in [2.05, 4.69) is 23.8 Å². The molecule has 0 spiro atoms. The van der Waals surface area contributed by atoms with Crippen molar-refractivity contribution < 1.29 is 8.85 Å². The van der Waals surface area contributed by atoms with Gasteiger partial charge in [-0.2, -0.15) is 0 Å². The molecule has 1 aliphatic carbocycles. The van der Waals surface area contributed by atoms with Crippen LogP contribution in [0.4, 0.5) is 0 Å². The number of hydrogen-bond donors (Lipinski definition) is 2. The maximum Gasteiger partial charge on any atom is 0.516 e. The van der Waals surface area contributed by atoms with Gasteiger partial charge in [-0.05, 0) is 31.7 Å². The zero-order chi connectivity index (χ0) is 13.4. The van der Waals surface area contributed by atoms with Crippen LogP contribution in [0.1, 0.15) is 52.4 Å². The molecule has 18 heavy (non-hydrogen) atoms. The number of hydrogen-bond acceptors (Lipinski definition) is 4. The Hall–Kier alpha value is 0.0569. The first-order valence-corrected chi connectivity index (χ1v) is 9.12. The fraction of sp³-hybridized carbons (Fsp3) is 1.00. The Labute approximate surface area is 113 Å². The van der Waals surface area contributed by atoms with Crippen LogP contribution in [-0.4, -0.2) is 35.7 Å². The topological polar surface area (TPSA) is 42.5 Å². The van der Waals surface area contributed by atoms with Gasteiger partial charge in [0, 0.05) is 20.3 Å². The summed E-state index contributed by atoms with van der Waals surface area (Å²) in [6.07, 6.45) is 7.56. The largest absolute Gasteiger partial charge is 0.516 e. The van der Waals surface area contributed by atoms with Gasteiger partial charge in [-0.3, -0.25) is 9.96 Å². The van der Waals surface area contributed by atoms with Crippen molar-refractivity contribution in [3.05, 3.63) is 0 Å². The predicted octanol–water partition coefficient (Wildman–Crippen LogP) is 2.27. The molecule has 108 valence electrons. The molecule has 1 rings (SSSR count). The van der Waals surface area contributed by atoms with Crippen molar-refractivity contribution in [2.75, 3.05) is 20.8 Å². The van der Waals surface area contributed by atoms with E-state index in [1.807, 2.05) is 0 Å². The first-order valence-electron chi connectivity index (χ1n) is 7.30. The number of unbranched alkanes of at least 4 members (excludes halogenated alkanes) is 1. The minimum Gasteiger partial charge on any atom is -0.374 e. The minimum atomic E-state index is -2.41. The lowest BCUT2D eigenvalue weighted by atomic mass is 9.87. The highest BCUT2D eigenvalue weighted by atomic mass is 28.4. The van der Waals surface area contributed by atoms with Crippen molar-refractivity contribution >= 4 is 8.88 Å². The predicted molar refractivity (Wildman–Crippen MR) is 77.2 cm³/mol. The maximum absolute atomic E-state index is 5.68. The smallest absolute Gasteiger partial charge is 0.374 e. The lowest BCUT2D eigenvalue weighted by Crippen LogP contribution is -2.69. The van der Waals surface area contributed by atoms with Crippen LogP contribution in [-0.2, 0) is 8.85 Å². The van der Waals surface area contributed by atoms with Crippen LogP contribution in [0.2, 0.25) is 0 Å². The molecule has 1 aliphatic rings. The van der Waals surface area contributed by atoms with Crippen LogP contribution in [0.3, 0.4) is 0 Å². The average Bonchev–Trinajstić information content (AvgIpc) is 2.40. The number of rotatable bonds is 8. The Morgan fingerprint density at radius 2 is 1.83 bits per heavy atom.